The molecule has 2 aromatic rings. The van der Waals surface area contributed by atoms with E-state index in [-0.39, 0.29) is 23.8 Å². The zero-order chi connectivity index (χ0) is 18.0. The van der Waals surface area contributed by atoms with Gasteiger partial charge in [-0.1, -0.05) is 12.1 Å². The van der Waals surface area contributed by atoms with Crippen LogP contribution in [0.4, 0.5) is 14.9 Å². The first-order valence-corrected chi connectivity index (χ1v) is 8.11. The second kappa shape index (κ2) is 6.93. The van der Waals surface area contributed by atoms with Crippen LogP contribution in [0.2, 0.25) is 0 Å². The van der Waals surface area contributed by atoms with E-state index in [0.29, 0.717) is 11.3 Å². The number of anilines is 1. The third kappa shape index (κ3) is 3.79. The molecule has 1 aliphatic carbocycles. The normalized spacial score (nSPS) is 15.4. The van der Waals surface area contributed by atoms with E-state index in [4.69, 9.17) is 0 Å². The number of amides is 3. The topological polar surface area (TPSA) is 61.4 Å². The number of aryl methyl sites for hydroxylation is 1. The predicted octanol–water partition coefficient (Wildman–Crippen LogP) is 3.34. The van der Waals surface area contributed by atoms with Crippen LogP contribution < -0.4 is 10.6 Å². The Bertz CT molecular complexity index is 820. The molecule has 0 bridgehead atoms. The van der Waals surface area contributed by atoms with Gasteiger partial charge in [0.1, 0.15) is 5.82 Å². The third-order valence-electron chi connectivity index (χ3n) is 4.27. The first kappa shape index (κ1) is 17.0. The van der Waals surface area contributed by atoms with Gasteiger partial charge in [0.2, 0.25) is 0 Å². The van der Waals surface area contributed by atoms with Crippen molar-refractivity contribution in [2.45, 2.75) is 18.9 Å². The number of halogens is 1. The minimum absolute atomic E-state index is 0.196. The SMILES string of the molecule is CN(C)C(=O)Nc1cccc(C(=O)N[C@@H]2CCc3ccc(F)cc32)c1. The number of urea groups is 1. The minimum Gasteiger partial charge on any atom is -0.345 e. The van der Waals surface area contributed by atoms with Crippen molar-refractivity contribution < 1.29 is 14.0 Å². The Balaban J connectivity index is 1.73. The molecule has 0 fully saturated rings. The molecule has 2 aromatic carbocycles. The Hall–Kier alpha value is -2.89. The van der Waals surface area contributed by atoms with Gasteiger partial charge in [0.25, 0.3) is 5.91 Å². The molecule has 2 N–H and O–H groups in total. The van der Waals surface area contributed by atoms with Gasteiger partial charge in [-0.15, -0.1) is 0 Å². The molecule has 130 valence electrons. The summed E-state index contributed by atoms with van der Waals surface area (Å²) in [6, 6.07) is 11.0. The first-order chi connectivity index (χ1) is 11.9. The third-order valence-corrected chi connectivity index (χ3v) is 4.27. The van der Waals surface area contributed by atoms with E-state index in [1.165, 1.54) is 17.0 Å². The number of benzene rings is 2. The first-order valence-electron chi connectivity index (χ1n) is 8.11. The van der Waals surface area contributed by atoms with Crippen LogP contribution in [0, 0.1) is 5.82 Å². The summed E-state index contributed by atoms with van der Waals surface area (Å²) in [7, 11) is 3.28. The van der Waals surface area contributed by atoms with Crippen LogP contribution in [-0.2, 0) is 6.42 Å². The lowest BCUT2D eigenvalue weighted by molar-refractivity contribution is 0.0936. The van der Waals surface area contributed by atoms with Crippen LogP contribution >= 0.6 is 0 Å². The number of nitrogens with one attached hydrogen (secondary N) is 2. The fraction of sp³-hybridized carbons (Fsp3) is 0.263. The van der Waals surface area contributed by atoms with Crippen LogP contribution in [-0.4, -0.2) is 30.9 Å². The van der Waals surface area contributed by atoms with Crippen molar-refractivity contribution in [1.82, 2.24) is 10.2 Å². The molecule has 3 rings (SSSR count). The highest BCUT2D eigenvalue weighted by Crippen LogP contribution is 2.31. The number of hydrogen-bond acceptors (Lipinski definition) is 2. The second-order valence-corrected chi connectivity index (χ2v) is 6.31. The Labute approximate surface area is 145 Å². The molecular formula is C19H20FN3O2. The van der Waals surface area contributed by atoms with E-state index >= 15 is 0 Å². The molecule has 0 unspecified atom stereocenters. The van der Waals surface area contributed by atoms with Gasteiger partial charge in [0, 0.05) is 25.3 Å². The number of hydrogen-bond donors (Lipinski definition) is 2. The molecule has 0 saturated carbocycles. The average Bonchev–Trinajstić information content (AvgIpc) is 2.97. The number of rotatable bonds is 3. The molecule has 25 heavy (non-hydrogen) atoms. The Morgan fingerprint density at radius 2 is 1.96 bits per heavy atom. The van der Waals surface area contributed by atoms with Crippen molar-refractivity contribution in [3.05, 3.63) is 65.0 Å². The molecule has 0 radical (unpaired) electrons. The van der Waals surface area contributed by atoms with E-state index in [1.54, 1.807) is 44.4 Å². The highest BCUT2D eigenvalue weighted by Gasteiger charge is 2.24. The Morgan fingerprint density at radius 3 is 2.72 bits per heavy atom. The lowest BCUT2D eigenvalue weighted by Gasteiger charge is -2.15. The van der Waals surface area contributed by atoms with Gasteiger partial charge in [0.05, 0.1) is 6.04 Å². The van der Waals surface area contributed by atoms with Gasteiger partial charge < -0.3 is 15.5 Å². The van der Waals surface area contributed by atoms with E-state index in [1.807, 2.05) is 0 Å². The highest BCUT2D eigenvalue weighted by molar-refractivity contribution is 5.97. The smallest absolute Gasteiger partial charge is 0.321 e. The van der Waals surface area contributed by atoms with Crippen LogP contribution in [0.15, 0.2) is 42.5 Å². The molecule has 0 spiro atoms. The molecule has 3 amide bonds. The number of fused-ring (bicyclic) bond motifs is 1. The average molecular weight is 341 g/mol. The summed E-state index contributed by atoms with van der Waals surface area (Å²) in [5.41, 5.74) is 2.90. The highest BCUT2D eigenvalue weighted by atomic mass is 19.1. The largest absolute Gasteiger partial charge is 0.345 e. The van der Waals surface area contributed by atoms with Gasteiger partial charge in [0.15, 0.2) is 0 Å². The van der Waals surface area contributed by atoms with Crippen LogP contribution in [0.3, 0.4) is 0 Å². The van der Waals surface area contributed by atoms with Crippen molar-refractivity contribution in [2.75, 3.05) is 19.4 Å². The molecule has 0 aromatic heterocycles. The number of carbonyl (C=O) groups is 2. The zero-order valence-electron chi connectivity index (χ0n) is 14.2. The molecule has 6 heteroatoms. The van der Waals surface area contributed by atoms with Crippen LogP contribution in [0.1, 0.15) is 33.9 Å². The molecular weight excluding hydrogens is 321 g/mol. The predicted molar refractivity (Wildman–Crippen MR) is 94.1 cm³/mol. The summed E-state index contributed by atoms with van der Waals surface area (Å²) >= 11 is 0. The van der Waals surface area contributed by atoms with Gasteiger partial charge in [-0.3, -0.25) is 4.79 Å². The Kier molecular flexibility index (Phi) is 4.70. The lowest BCUT2D eigenvalue weighted by atomic mass is 10.1. The summed E-state index contributed by atoms with van der Waals surface area (Å²) in [4.78, 5) is 25.7. The van der Waals surface area contributed by atoms with Gasteiger partial charge in [-0.2, -0.15) is 0 Å². The maximum Gasteiger partial charge on any atom is 0.321 e. The summed E-state index contributed by atoms with van der Waals surface area (Å²) < 4.78 is 13.5. The van der Waals surface area contributed by atoms with E-state index in [9.17, 15) is 14.0 Å². The van der Waals surface area contributed by atoms with Crippen molar-refractivity contribution in [1.29, 1.82) is 0 Å². The van der Waals surface area contributed by atoms with Gasteiger partial charge >= 0.3 is 6.03 Å². The minimum atomic E-state index is -0.298. The fourth-order valence-electron chi connectivity index (χ4n) is 2.94. The fourth-order valence-corrected chi connectivity index (χ4v) is 2.94. The van der Waals surface area contributed by atoms with Crippen molar-refractivity contribution in [2.24, 2.45) is 0 Å². The second-order valence-electron chi connectivity index (χ2n) is 6.31. The maximum atomic E-state index is 13.5. The van der Waals surface area contributed by atoms with Gasteiger partial charge in [-0.25, -0.2) is 9.18 Å². The molecule has 0 aliphatic heterocycles. The lowest BCUT2D eigenvalue weighted by Crippen LogP contribution is -2.28. The van der Waals surface area contributed by atoms with Crippen molar-refractivity contribution in [3.63, 3.8) is 0 Å². The van der Waals surface area contributed by atoms with E-state index in [2.05, 4.69) is 10.6 Å². The van der Waals surface area contributed by atoms with Crippen molar-refractivity contribution in [3.8, 4) is 0 Å². The number of nitrogens with zero attached hydrogens (tertiary/aromatic N) is 1. The standard InChI is InChI=1S/C19H20FN3O2/c1-23(2)19(25)21-15-5-3-4-13(10-15)18(24)22-17-9-7-12-6-8-14(20)11-16(12)17/h3-6,8,10-11,17H,7,9H2,1-2H3,(H,21,25)(H,22,24)/t17-/m1/s1. The zero-order valence-corrected chi connectivity index (χ0v) is 14.2. The van der Waals surface area contributed by atoms with Gasteiger partial charge in [-0.05, 0) is 54.3 Å². The van der Waals surface area contributed by atoms with Crippen LogP contribution in [0.25, 0.3) is 0 Å². The molecule has 0 heterocycles. The summed E-state index contributed by atoms with van der Waals surface area (Å²) in [5.74, 6) is -0.545. The maximum absolute atomic E-state index is 13.5. The molecule has 1 aliphatic rings. The summed E-state index contributed by atoms with van der Waals surface area (Å²) in [5, 5.41) is 5.66. The van der Waals surface area contributed by atoms with Crippen molar-refractivity contribution >= 4 is 17.6 Å². The molecule has 1 atom stereocenters. The van der Waals surface area contributed by atoms with E-state index in [0.717, 1.165) is 24.0 Å². The quantitative estimate of drug-likeness (QED) is 0.899. The molecule has 0 saturated heterocycles. The monoisotopic (exact) mass is 341 g/mol. The number of carbonyl (C=O) groups excluding carboxylic acids is 2. The Morgan fingerprint density at radius 1 is 1.16 bits per heavy atom. The summed E-state index contributed by atoms with van der Waals surface area (Å²) in [6.07, 6.45) is 1.57. The summed E-state index contributed by atoms with van der Waals surface area (Å²) in [6.45, 7) is 0. The molecule has 5 nitrogen and oxygen atoms in total. The van der Waals surface area contributed by atoms with Crippen LogP contribution in [0.5, 0.6) is 0 Å². The van der Waals surface area contributed by atoms with E-state index < -0.39 is 0 Å².